The van der Waals surface area contributed by atoms with Crippen molar-refractivity contribution in [3.8, 4) is 0 Å². The highest BCUT2D eigenvalue weighted by Crippen LogP contribution is 2.30. The maximum atomic E-state index is 13.1. The van der Waals surface area contributed by atoms with Crippen molar-refractivity contribution in [2.75, 3.05) is 0 Å². The summed E-state index contributed by atoms with van der Waals surface area (Å²) in [5, 5.41) is -0.302. The Morgan fingerprint density at radius 1 is 1.38 bits per heavy atom. The van der Waals surface area contributed by atoms with E-state index in [-0.39, 0.29) is 10.6 Å². The molecule has 1 atom stereocenters. The summed E-state index contributed by atoms with van der Waals surface area (Å²) >= 11 is 5.51. The topological polar surface area (TPSA) is 4.36 Å². The third kappa shape index (κ3) is 1.78. The van der Waals surface area contributed by atoms with Crippen molar-refractivity contribution in [2.24, 2.45) is 0 Å². The van der Waals surface area contributed by atoms with Gasteiger partial charge in [0.1, 0.15) is 11.6 Å². The van der Waals surface area contributed by atoms with Gasteiger partial charge in [0, 0.05) is 6.92 Å². The maximum Gasteiger partial charge on any atom is 0.250 e. The molecule has 1 nitrogen and oxygen atoms in total. The molecule has 13 heavy (non-hydrogen) atoms. The van der Waals surface area contributed by atoms with Crippen LogP contribution in [0, 0.1) is 18.2 Å². The van der Waals surface area contributed by atoms with Crippen LogP contribution < -0.4 is 0 Å². The van der Waals surface area contributed by atoms with Gasteiger partial charge < -0.3 is 4.85 Å². The minimum Gasteiger partial charge on any atom is -0.309 e. The molecule has 0 aliphatic heterocycles. The normalized spacial score (nSPS) is 12.2. The van der Waals surface area contributed by atoms with Gasteiger partial charge in [-0.3, -0.25) is 0 Å². The number of benzene rings is 1. The molecular formula is C9H6ClF2N. The zero-order chi connectivity index (χ0) is 10.0. The fourth-order valence-corrected chi connectivity index (χ4v) is 1.30. The molecular weight excluding hydrogens is 196 g/mol. The molecule has 0 fully saturated rings. The van der Waals surface area contributed by atoms with Crippen LogP contribution in [-0.2, 0) is 0 Å². The molecule has 1 rings (SSSR count). The lowest BCUT2D eigenvalue weighted by atomic mass is 10.1. The van der Waals surface area contributed by atoms with Crippen molar-refractivity contribution in [1.82, 2.24) is 0 Å². The summed E-state index contributed by atoms with van der Waals surface area (Å²) in [6, 6.07) is 1.15. The van der Waals surface area contributed by atoms with Gasteiger partial charge in [-0.15, -0.1) is 0 Å². The summed E-state index contributed by atoms with van der Waals surface area (Å²) in [6.45, 7) is 8.16. The molecule has 68 valence electrons. The fourth-order valence-electron chi connectivity index (χ4n) is 0.990. The zero-order valence-corrected chi connectivity index (χ0v) is 7.57. The second-order valence-electron chi connectivity index (χ2n) is 2.56. The van der Waals surface area contributed by atoms with E-state index in [1.807, 2.05) is 0 Å². The average Bonchev–Trinajstić information content (AvgIpc) is 2.12. The molecule has 0 saturated carbocycles. The van der Waals surface area contributed by atoms with Gasteiger partial charge in [-0.2, -0.15) is 0 Å². The van der Waals surface area contributed by atoms with Crippen LogP contribution in [0.4, 0.5) is 8.78 Å². The van der Waals surface area contributed by atoms with Gasteiger partial charge in [0.05, 0.1) is 10.6 Å². The summed E-state index contributed by atoms with van der Waals surface area (Å²) in [5.74, 6) is -1.34. The molecule has 0 bridgehead atoms. The Balaban J connectivity index is 3.35. The Labute approximate surface area is 79.8 Å². The van der Waals surface area contributed by atoms with Crippen LogP contribution in [0.5, 0.6) is 0 Å². The van der Waals surface area contributed by atoms with E-state index >= 15 is 0 Å². The van der Waals surface area contributed by atoms with Crippen LogP contribution >= 0.6 is 11.6 Å². The molecule has 0 amide bonds. The lowest BCUT2D eigenvalue weighted by Gasteiger charge is -2.04. The van der Waals surface area contributed by atoms with Crippen molar-refractivity contribution in [3.05, 3.63) is 45.8 Å². The Hall–Kier alpha value is -1.14. The highest BCUT2D eigenvalue weighted by atomic mass is 35.5. The van der Waals surface area contributed by atoms with E-state index in [4.69, 9.17) is 18.2 Å². The van der Waals surface area contributed by atoms with Gasteiger partial charge in [-0.05, 0) is 12.1 Å². The minimum absolute atomic E-state index is 0.0725. The lowest BCUT2D eigenvalue weighted by molar-refractivity contribution is 0.581. The highest BCUT2D eigenvalue weighted by molar-refractivity contribution is 6.31. The van der Waals surface area contributed by atoms with E-state index in [0.29, 0.717) is 0 Å². The molecule has 1 unspecified atom stereocenters. The van der Waals surface area contributed by atoms with Crippen LogP contribution in [-0.4, -0.2) is 0 Å². The molecule has 0 spiro atoms. The summed E-state index contributed by atoms with van der Waals surface area (Å²) in [5.41, 5.74) is -0.0725. The molecule has 0 saturated heterocycles. The van der Waals surface area contributed by atoms with Crippen molar-refractivity contribution in [1.29, 1.82) is 0 Å². The van der Waals surface area contributed by atoms with Crippen molar-refractivity contribution in [2.45, 2.75) is 13.0 Å². The Morgan fingerprint density at radius 2 is 1.92 bits per heavy atom. The quantitative estimate of drug-likeness (QED) is 0.483. The highest BCUT2D eigenvalue weighted by Gasteiger charge is 2.21. The van der Waals surface area contributed by atoms with Gasteiger partial charge >= 0.3 is 0 Å². The standard InChI is InChI=1S/C9H6ClF2N/c1-5(13-2)8-6(11)3-4-7(12)9(8)10/h3-5H,1H3. The van der Waals surface area contributed by atoms with Crippen molar-refractivity contribution in [3.63, 3.8) is 0 Å². The third-order valence-corrected chi connectivity index (χ3v) is 2.08. The Bertz CT molecular complexity index is 371. The van der Waals surface area contributed by atoms with Crippen LogP contribution in [0.1, 0.15) is 18.5 Å². The molecule has 0 aromatic heterocycles. The molecule has 0 N–H and O–H groups in total. The summed E-state index contributed by atoms with van der Waals surface area (Å²) in [6.07, 6.45) is 0. The summed E-state index contributed by atoms with van der Waals surface area (Å²) in [4.78, 5) is 3.08. The van der Waals surface area contributed by atoms with E-state index in [1.165, 1.54) is 6.92 Å². The number of hydrogen-bond donors (Lipinski definition) is 0. The van der Waals surface area contributed by atoms with E-state index in [0.717, 1.165) is 12.1 Å². The number of hydrogen-bond acceptors (Lipinski definition) is 0. The van der Waals surface area contributed by atoms with Gasteiger partial charge in [0.2, 0.25) is 6.04 Å². The van der Waals surface area contributed by atoms with Crippen LogP contribution in [0.2, 0.25) is 5.02 Å². The number of rotatable bonds is 1. The predicted molar refractivity (Wildman–Crippen MR) is 46.4 cm³/mol. The number of halogens is 3. The first-order valence-electron chi connectivity index (χ1n) is 3.58. The minimum atomic E-state index is -0.761. The van der Waals surface area contributed by atoms with E-state index in [9.17, 15) is 8.78 Å². The average molecular weight is 202 g/mol. The van der Waals surface area contributed by atoms with Crippen molar-refractivity contribution >= 4 is 11.6 Å². The van der Waals surface area contributed by atoms with E-state index < -0.39 is 17.7 Å². The molecule has 1 aromatic rings. The van der Waals surface area contributed by atoms with Gasteiger partial charge in [-0.1, -0.05) is 11.6 Å². The van der Waals surface area contributed by atoms with Crippen LogP contribution in [0.25, 0.3) is 4.85 Å². The van der Waals surface area contributed by atoms with Gasteiger partial charge in [0.15, 0.2) is 0 Å². The third-order valence-electron chi connectivity index (χ3n) is 1.69. The maximum absolute atomic E-state index is 13.1. The zero-order valence-electron chi connectivity index (χ0n) is 6.81. The predicted octanol–water partition coefficient (Wildman–Crippen LogP) is 3.60. The largest absolute Gasteiger partial charge is 0.309 e. The smallest absolute Gasteiger partial charge is 0.250 e. The molecule has 0 heterocycles. The van der Waals surface area contributed by atoms with Gasteiger partial charge in [0.25, 0.3) is 0 Å². The summed E-state index contributed by atoms with van der Waals surface area (Å²) < 4.78 is 25.9. The van der Waals surface area contributed by atoms with Crippen LogP contribution in [0.15, 0.2) is 12.1 Å². The first-order valence-corrected chi connectivity index (χ1v) is 3.95. The molecule has 0 radical (unpaired) electrons. The lowest BCUT2D eigenvalue weighted by Crippen LogP contribution is -1.96. The number of nitrogens with zero attached hydrogens (tertiary/aromatic N) is 1. The second-order valence-corrected chi connectivity index (χ2v) is 2.94. The van der Waals surface area contributed by atoms with E-state index in [2.05, 4.69) is 4.85 Å². The van der Waals surface area contributed by atoms with Crippen LogP contribution in [0.3, 0.4) is 0 Å². The Kier molecular flexibility index (Phi) is 2.84. The monoisotopic (exact) mass is 201 g/mol. The van der Waals surface area contributed by atoms with E-state index in [1.54, 1.807) is 0 Å². The first kappa shape index (κ1) is 9.94. The summed E-state index contributed by atoms with van der Waals surface area (Å²) in [7, 11) is 0. The fraction of sp³-hybridized carbons (Fsp3) is 0.222. The molecule has 0 aliphatic carbocycles. The van der Waals surface area contributed by atoms with Gasteiger partial charge in [-0.25, -0.2) is 15.4 Å². The molecule has 1 aromatic carbocycles. The SMILES string of the molecule is [C-]#[N+]C(C)c1c(F)ccc(F)c1Cl. The molecule has 4 heteroatoms. The Morgan fingerprint density at radius 3 is 2.46 bits per heavy atom. The second kappa shape index (κ2) is 3.71. The molecule has 0 aliphatic rings. The first-order chi connectivity index (χ1) is 6.07. The van der Waals surface area contributed by atoms with Crippen molar-refractivity contribution < 1.29 is 8.78 Å².